The molecule has 0 N–H and O–H groups in total. The lowest BCUT2D eigenvalue weighted by Gasteiger charge is -2.39. The number of halogens is 1. The van der Waals surface area contributed by atoms with Gasteiger partial charge >= 0.3 is 0 Å². The Balaban J connectivity index is 0.000000118. The maximum absolute atomic E-state index is 6.76. The molecule has 0 bridgehead atoms. The SMILES string of the molecule is CC1(C)c2ccccc2-c2cc3c(cc21)Cc1ccccc1-3.CC1(C)c2ccccc2-c2cc3c4ccccc4n(-c4ccc5c(c4)-c4c(-c6nc(-c7ccccc7)nc(-c7ccccc7)n6)cccc4C54c5ccccc5Oc5ccccc54)c3cc21.Clc1ccc2c(c1)-c1c(-c3nc(-c4ccccc4)nc(-c4ccccc4)n3)cccc1C21c2ccccc2Oc2ccccc21. The van der Waals surface area contributed by atoms with Gasteiger partial charge in [0.2, 0.25) is 0 Å². The summed E-state index contributed by atoms with van der Waals surface area (Å²) in [6.45, 7) is 9.43. The number of para-hydroxylation sites is 5. The number of fused-ring (bicyclic) bond motifs is 30. The fourth-order valence-corrected chi connectivity index (χ4v) is 23.2. The molecule has 28 rings (SSSR count). The van der Waals surface area contributed by atoms with Gasteiger partial charge in [-0.15, -0.1) is 0 Å². The number of ether oxygens (including phenoxy) is 2. The third-order valence-corrected chi connectivity index (χ3v) is 29.1. The summed E-state index contributed by atoms with van der Waals surface area (Å²) in [6.07, 6.45) is 1.07. The summed E-state index contributed by atoms with van der Waals surface area (Å²) in [5.41, 5.74) is 38.0. The minimum absolute atomic E-state index is 0.107. The van der Waals surface area contributed by atoms with E-state index in [0.29, 0.717) is 40.0 Å². The van der Waals surface area contributed by atoms with Crippen LogP contribution in [0.3, 0.4) is 0 Å². The average molecular weight is 1730 g/mol. The van der Waals surface area contributed by atoms with E-state index in [9.17, 15) is 0 Å². The van der Waals surface area contributed by atoms with Crippen LogP contribution in [-0.4, -0.2) is 34.5 Å². The van der Waals surface area contributed by atoms with Crippen LogP contribution in [-0.2, 0) is 28.1 Å². The zero-order valence-electron chi connectivity index (χ0n) is 73.3. The van der Waals surface area contributed by atoms with E-state index in [1.807, 2.05) is 115 Å². The van der Waals surface area contributed by atoms with E-state index in [2.05, 4.69) is 330 Å². The van der Waals surface area contributed by atoms with E-state index < -0.39 is 10.8 Å². The van der Waals surface area contributed by atoms with Gasteiger partial charge in [-0.1, -0.05) is 379 Å². The zero-order valence-corrected chi connectivity index (χ0v) is 74.0. The van der Waals surface area contributed by atoms with Crippen LogP contribution in [0.5, 0.6) is 23.0 Å². The second kappa shape index (κ2) is 29.9. The molecule has 18 aromatic carbocycles. The van der Waals surface area contributed by atoms with Crippen molar-refractivity contribution >= 4 is 33.4 Å². The molecule has 5 heterocycles. The molecular formula is C123H82ClN7O2. The summed E-state index contributed by atoms with van der Waals surface area (Å²) in [5.74, 6) is 7.11. The largest absolute Gasteiger partial charge is 0.457 e. The molecule has 0 saturated carbocycles. The Morgan fingerprint density at radius 2 is 0.602 bits per heavy atom. The van der Waals surface area contributed by atoms with Gasteiger partial charge in [0, 0.05) is 87.9 Å². The number of rotatable bonds is 7. The summed E-state index contributed by atoms with van der Waals surface area (Å²) in [6, 6.07) is 146. The minimum Gasteiger partial charge on any atom is -0.457 e. The lowest BCUT2D eigenvalue weighted by atomic mass is 9.66. The molecule has 5 aliphatic carbocycles. The first-order chi connectivity index (χ1) is 65.4. The first kappa shape index (κ1) is 77.8. The van der Waals surface area contributed by atoms with Crippen molar-refractivity contribution in [1.82, 2.24) is 34.5 Å². The molecule has 0 unspecified atom stereocenters. The van der Waals surface area contributed by atoms with Gasteiger partial charge in [0.25, 0.3) is 0 Å². The van der Waals surface area contributed by atoms with Crippen LogP contribution in [0, 0.1) is 0 Å². The second-order valence-electron chi connectivity index (χ2n) is 36.6. The highest BCUT2D eigenvalue weighted by molar-refractivity contribution is 6.31. The highest BCUT2D eigenvalue weighted by Crippen LogP contribution is 2.67. The first-order valence-electron chi connectivity index (χ1n) is 45.6. The van der Waals surface area contributed by atoms with Gasteiger partial charge in [-0.2, -0.15) is 0 Å². The average Bonchev–Trinajstić information content (AvgIpc) is 1.53. The third kappa shape index (κ3) is 11.7. The van der Waals surface area contributed by atoms with Crippen molar-refractivity contribution in [2.75, 3.05) is 0 Å². The second-order valence-corrected chi connectivity index (χ2v) is 37.1. The van der Waals surface area contributed by atoms with Crippen molar-refractivity contribution in [1.29, 1.82) is 0 Å². The minimum atomic E-state index is -0.695. The van der Waals surface area contributed by atoms with Crippen LogP contribution in [0.2, 0.25) is 5.02 Å². The fourth-order valence-electron chi connectivity index (χ4n) is 23.0. The van der Waals surface area contributed by atoms with E-state index in [4.69, 9.17) is 51.0 Å². The number of benzene rings is 18. The molecule has 9 nitrogen and oxygen atoms in total. The van der Waals surface area contributed by atoms with Crippen LogP contribution in [0.1, 0.15) is 106 Å². The number of hydrogen-bond acceptors (Lipinski definition) is 8. The Labute approximate surface area is 775 Å². The van der Waals surface area contributed by atoms with Crippen molar-refractivity contribution in [3.05, 3.63) is 495 Å². The lowest BCUT2D eigenvalue weighted by Crippen LogP contribution is -2.32. The summed E-state index contributed by atoms with van der Waals surface area (Å²) in [5, 5.41) is 3.15. The Bertz CT molecular complexity index is 8240. The van der Waals surface area contributed by atoms with Crippen molar-refractivity contribution < 1.29 is 9.47 Å². The monoisotopic (exact) mass is 1720 g/mol. The predicted molar refractivity (Wildman–Crippen MR) is 536 cm³/mol. The molecule has 7 aliphatic rings. The molecule has 0 atom stereocenters. The van der Waals surface area contributed by atoms with Gasteiger partial charge in [0.15, 0.2) is 34.9 Å². The zero-order chi connectivity index (χ0) is 88.6. The van der Waals surface area contributed by atoms with E-state index in [0.717, 1.165) is 130 Å². The summed E-state index contributed by atoms with van der Waals surface area (Å²) in [7, 11) is 0. The molecule has 0 saturated heterocycles. The third-order valence-electron chi connectivity index (χ3n) is 28.9. The number of hydrogen-bond donors (Lipinski definition) is 0. The molecule has 0 radical (unpaired) electrons. The van der Waals surface area contributed by atoms with Crippen LogP contribution in [0.25, 0.3) is 151 Å². The van der Waals surface area contributed by atoms with Crippen LogP contribution in [0.4, 0.5) is 0 Å². The lowest BCUT2D eigenvalue weighted by molar-refractivity contribution is 0.436. The van der Waals surface area contributed by atoms with Gasteiger partial charge in [0.05, 0.1) is 21.9 Å². The van der Waals surface area contributed by atoms with E-state index >= 15 is 0 Å². The quantitative estimate of drug-likeness (QED) is 0.156. The van der Waals surface area contributed by atoms with Gasteiger partial charge in [-0.3, -0.25) is 0 Å². The number of nitrogens with zero attached hydrogens (tertiary/aromatic N) is 7. The van der Waals surface area contributed by atoms with Crippen molar-refractivity contribution in [2.24, 2.45) is 0 Å². The van der Waals surface area contributed by atoms with Crippen molar-refractivity contribution in [2.45, 2.75) is 55.8 Å². The van der Waals surface area contributed by atoms with Gasteiger partial charge < -0.3 is 14.0 Å². The summed E-state index contributed by atoms with van der Waals surface area (Å²) >= 11 is 6.76. The van der Waals surface area contributed by atoms with Crippen LogP contribution >= 0.6 is 11.6 Å². The normalized spacial score (nSPS) is 14.2. The Morgan fingerprint density at radius 1 is 0.233 bits per heavy atom. The topological polar surface area (TPSA) is 101 Å². The molecule has 2 aliphatic heterocycles. The molecule has 3 aromatic heterocycles. The Morgan fingerprint density at radius 3 is 1.08 bits per heavy atom. The molecule has 2 spiro atoms. The van der Waals surface area contributed by atoms with E-state index in [1.54, 1.807) is 0 Å². The Hall–Kier alpha value is -16.3. The maximum Gasteiger partial charge on any atom is 0.164 e. The molecule has 133 heavy (non-hydrogen) atoms. The molecule has 0 fully saturated rings. The first-order valence-corrected chi connectivity index (χ1v) is 46.0. The number of aromatic nitrogens is 7. The molecule has 628 valence electrons. The van der Waals surface area contributed by atoms with Crippen LogP contribution < -0.4 is 9.47 Å². The molecule has 10 heteroatoms. The Kier molecular flexibility index (Phi) is 17.5. The standard InChI is InChI=1S/C61H40N4O.C40H24ClN3O.C22H18/c1-60(2)46-25-11-9-22-40(46)43-35-44-41-23-10-14-29-52(41)65(53(44)36-51(43)60)39-32-33-47-45(34-39)56-42(59-63-57(37-18-5-3-6-19-37)62-58(64-59)38-20-7-4-8-21-38)24-17-28-50(56)61(47)48-26-12-15-30-54(48)66-55-31-16-13-27-49(55)61;41-27-22-23-30-29(24-27)36-28(39-43-37(25-12-3-1-4-13-25)42-38(44-39)26-14-5-2-6-15-26)16-11-19-33(36)40(30)31-17-7-9-20-34(31)45-35-21-10-8-18-32(35)40;1-22(2)20-10-6-5-9-17(20)19-13-18-15(12-21(19)22)11-14-7-3-4-8-16(14)18/h3-36H,1-2H3;1-24H;3-10,12-13H,11H2,1-2H3. The van der Waals surface area contributed by atoms with Crippen LogP contribution in [0.15, 0.2) is 413 Å². The highest BCUT2D eigenvalue weighted by Gasteiger charge is 2.54. The van der Waals surface area contributed by atoms with E-state index in [1.165, 1.54) is 94.1 Å². The van der Waals surface area contributed by atoms with E-state index in [-0.39, 0.29) is 10.8 Å². The van der Waals surface area contributed by atoms with Crippen molar-refractivity contribution in [3.63, 3.8) is 0 Å². The smallest absolute Gasteiger partial charge is 0.164 e. The molecule has 21 aromatic rings. The molecular weight excluding hydrogens is 1640 g/mol. The van der Waals surface area contributed by atoms with Gasteiger partial charge in [0.1, 0.15) is 23.0 Å². The summed E-state index contributed by atoms with van der Waals surface area (Å²) in [4.78, 5) is 30.9. The maximum atomic E-state index is 6.76. The predicted octanol–water partition coefficient (Wildman–Crippen LogP) is 30.3. The summed E-state index contributed by atoms with van der Waals surface area (Å²) < 4.78 is 15.7. The van der Waals surface area contributed by atoms with Gasteiger partial charge in [-0.25, -0.2) is 29.9 Å². The highest BCUT2D eigenvalue weighted by atomic mass is 35.5. The molecule has 0 amide bonds. The van der Waals surface area contributed by atoms with Crippen molar-refractivity contribution in [3.8, 4) is 153 Å². The van der Waals surface area contributed by atoms with Gasteiger partial charge in [-0.05, 0) is 190 Å². The fraction of sp³-hybridized carbons (Fsp3) is 0.0732.